The number of hydrogen-bond acceptors (Lipinski definition) is 3. The molecule has 0 amide bonds. The Balaban J connectivity index is 2.08. The SMILES string of the molecule is CN1CCN(Cc2cc(C(=O)O)ccc2F)CC1. The monoisotopic (exact) mass is 252 g/mol. The normalized spacial score (nSPS) is 17.9. The highest BCUT2D eigenvalue weighted by Gasteiger charge is 2.16. The maximum Gasteiger partial charge on any atom is 0.335 e. The van der Waals surface area contributed by atoms with E-state index in [0.717, 1.165) is 26.2 Å². The van der Waals surface area contributed by atoms with Crippen molar-refractivity contribution in [1.29, 1.82) is 0 Å². The van der Waals surface area contributed by atoms with Gasteiger partial charge in [0.15, 0.2) is 0 Å². The van der Waals surface area contributed by atoms with Crippen molar-refractivity contribution in [3.8, 4) is 0 Å². The molecule has 1 aliphatic rings. The van der Waals surface area contributed by atoms with Gasteiger partial charge in [-0.05, 0) is 25.2 Å². The van der Waals surface area contributed by atoms with E-state index in [4.69, 9.17) is 5.11 Å². The van der Waals surface area contributed by atoms with E-state index < -0.39 is 5.97 Å². The zero-order valence-corrected chi connectivity index (χ0v) is 10.4. The summed E-state index contributed by atoms with van der Waals surface area (Å²) in [5, 5.41) is 8.90. The summed E-state index contributed by atoms with van der Waals surface area (Å²) in [5.41, 5.74) is 0.597. The molecule has 0 saturated carbocycles. The van der Waals surface area contributed by atoms with Crippen molar-refractivity contribution in [2.45, 2.75) is 6.54 Å². The molecule has 5 heteroatoms. The van der Waals surface area contributed by atoms with E-state index in [9.17, 15) is 9.18 Å². The third kappa shape index (κ3) is 3.05. The lowest BCUT2D eigenvalue weighted by Gasteiger charge is -2.32. The van der Waals surface area contributed by atoms with Crippen LogP contribution in [-0.2, 0) is 6.54 Å². The molecule has 0 radical (unpaired) electrons. The van der Waals surface area contributed by atoms with Crippen molar-refractivity contribution in [1.82, 2.24) is 9.80 Å². The van der Waals surface area contributed by atoms with E-state index in [1.54, 1.807) is 0 Å². The summed E-state index contributed by atoms with van der Waals surface area (Å²) in [6.07, 6.45) is 0. The van der Waals surface area contributed by atoms with Crippen LogP contribution in [-0.4, -0.2) is 54.1 Å². The molecule has 0 atom stereocenters. The fourth-order valence-electron chi connectivity index (χ4n) is 2.08. The van der Waals surface area contributed by atoms with Gasteiger partial charge in [-0.1, -0.05) is 0 Å². The standard InChI is InChI=1S/C13H17FN2O2/c1-15-4-6-16(7-5-15)9-11-8-10(13(17)18)2-3-12(11)14/h2-3,8H,4-7,9H2,1H3,(H,17,18). The molecule has 1 aliphatic heterocycles. The van der Waals surface area contributed by atoms with Crippen LogP contribution in [0.15, 0.2) is 18.2 Å². The van der Waals surface area contributed by atoms with Crippen molar-refractivity contribution < 1.29 is 14.3 Å². The maximum absolute atomic E-state index is 13.6. The van der Waals surface area contributed by atoms with Gasteiger partial charge in [-0.15, -0.1) is 0 Å². The number of halogens is 1. The first-order chi connectivity index (χ1) is 8.56. The Morgan fingerprint density at radius 3 is 2.61 bits per heavy atom. The molecule has 1 aromatic carbocycles. The second-order valence-electron chi connectivity index (χ2n) is 4.69. The second-order valence-corrected chi connectivity index (χ2v) is 4.69. The van der Waals surface area contributed by atoms with Gasteiger partial charge in [0.05, 0.1) is 5.56 Å². The van der Waals surface area contributed by atoms with Gasteiger partial charge in [0.1, 0.15) is 5.82 Å². The number of hydrogen-bond donors (Lipinski definition) is 1. The molecule has 98 valence electrons. The van der Waals surface area contributed by atoms with Crippen LogP contribution >= 0.6 is 0 Å². The van der Waals surface area contributed by atoms with Gasteiger partial charge in [-0.25, -0.2) is 9.18 Å². The van der Waals surface area contributed by atoms with Gasteiger partial charge in [0.2, 0.25) is 0 Å². The Morgan fingerprint density at radius 1 is 1.33 bits per heavy atom. The Kier molecular flexibility index (Phi) is 3.93. The van der Waals surface area contributed by atoms with Crippen LogP contribution < -0.4 is 0 Å². The summed E-state index contributed by atoms with van der Waals surface area (Å²) in [6.45, 7) is 4.15. The van der Waals surface area contributed by atoms with E-state index >= 15 is 0 Å². The number of carboxylic acids is 1. The fourth-order valence-corrected chi connectivity index (χ4v) is 2.08. The van der Waals surface area contributed by atoms with Gasteiger partial charge < -0.3 is 10.0 Å². The van der Waals surface area contributed by atoms with E-state index in [0.29, 0.717) is 12.1 Å². The van der Waals surface area contributed by atoms with E-state index in [-0.39, 0.29) is 11.4 Å². The summed E-state index contributed by atoms with van der Waals surface area (Å²) in [5.74, 6) is -1.35. The largest absolute Gasteiger partial charge is 0.478 e. The van der Waals surface area contributed by atoms with Crippen molar-refractivity contribution in [3.63, 3.8) is 0 Å². The summed E-state index contributed by atoms with van der Waals surface area (Å²) >= 11 is 0. The molecule has 0 aliphatic carbocycles. The Hall–Kier alpha value is -1.46. The molecule has 1 aromatic rings. The lowest BCUT2D eigenvalue weighted by Crippen LogP contribution is -2.44. The highest BCUT2D eigenvalue weighted by molar-refractivity contribution is 5.87. The highest BCUT2D eigenvalue weighted by Crippen LogP contribution is 2.14. The average molecular weight is 252 g/mol. The lowest BCUT2D eigenvalue weighted by atomic mass is 10.1. The number of benzene rings is 1. The van der Waals surface area contributed by atoms with Gasteiger partial charge in [0.25, 0.3) is 0 Å². The predicted octanol–water partition coefficient (Wildman–Crippen LogP) is 1.27. The third-order valence-electron chi connectivity index (χ3n) is 3.28. The molecular formula is C13H17FN2O2. The third-order valence-corrected chi connectivity index (χ3v) is 3.28. The smallest absolute Gasteiger partial charge is 0.335 e. The van der Waals surface area contributed by atoms with E-state index in [2.05, 4.69) is 16.8 Å². The van der Waals surface area contributed by atoms with Gasteiger partial charge >= 0.3 is 5.97 Å². The van der Waals surface area contributed by atoms with E-state index in [1.165, 1.54) is 18.2 Å². The summed E-state index contributed by atoms with van der Waals surface area (Å²) < 4.78 is 13.6. The van der Waals surface area contributed by atoms with Crippen molar-refractivity contribution in [3.05, 3.63) is 35.1 Å². The van der Waals surface area contributed by atoms with Crippen molar-refractivity contribution in [2.75, 3.05) is 33.2 Å². The van der Waals surface area contributed by atoms with E-state index in [1.807, 2.05) is 0 Å². The molecule has 1 saturated heterocycles. The minimum absolute atomic E-state index is 0.139. The van der Waals surface area contributed by atoms with Crippen LogP contribution in [0.3, 0.4) is 0 Å². The number of rotatable bonds is 3. The Morgan fingerprint density at radius 2 is 2.00 bits per heavy atom. The molecule has 0 spiro atoms. The van der Waals surface area contributed by atoms with Crippen LogP contribution in [0.1, 0.15) is 15.9 Å². The number of nitrogens with zero attached hydrogens (tertiary/aromatic N) is 2. The maximum atomic E-state index is 13.6. The number of aromatic carboxylic acids is 1. The molecule has 0 aromatic heterocycles. The van der Waals surface area contributed by atoms with Crippen LogP contribution in [0.2, 0.25) is 0 Å². The Bertz CT molecular complexity index is 443. The molecule has 1 heterocycles. The average Bonchev–Trinajstić information content (AvgIpc) is 2.34. The summed E-state index contributed by atoms with van der Waals surface area (Å²) in [6, 6.07) is 3.95. The molecule has 4 nitrogen and oxygen atoms in total. The second kappa shape index (κ2) is 5.46. The molecule has 0 bridgehead atoms. The first-order valence-corrected chi connectivity index (χ1v) is 5.99. The number of carboxylic acid groups (broad SMARTS) is 1. The van der Waals surface area contributed by atoms with Crippen molar-refractivity contribution >= 4 is 5.97 Å². The minimum atomic E-state index is -1.02. The predicted molar refractivity (Wildman–Crippen MR) is 66.1 cm³/mol. The highest BCUT2D eigenvalue weighted by atomic mass is 19.1. The molecule has 18 heavy (non-hydrogen) atoms. The molecule has 1 N–H and O–H groups in total. The molecular weight excluding hydrogens is 235 g/mol. The van der Waals surface area contributed by atoms with Crippen molar-refractivity contribution in [2.24, 2.45) is 0 Å². The van der Waals surface area contributed by atoms with Gasteiger partial charge in [0, 0.05) is 38.3 Å². The first kappa shape index (κ1) is 13.0. The van der Waals surface area contributed by atoms with Crippen LogP contribution in [0.25, 0.3) is 0 Å². The summed E-state index contributed by atoms with van der Waals surface area (Å²) in [7, 11) is 2.06. The number of piperazine rings is 1. The lowest BCUT2D eigenvalue weighted by molar-refractivity contribution is 0.0696. The number of carbonyl (C=O) groups is 1. The van der Waals surface area contributed by atoms with Gasteiger partial charge in [-0.3, -0.25) is 4.90 Å². The van der Waals surface area contributed by atoms with Crippen LogP contribution in [0.5, 0.6) is 0 Å². The van der Waals surface area contributed by atoms with Crippen LogP contribution in [0, 0.1) is 5.82 Å². The van der Waals surface area contributed by atoms with Crippen LogP contribution in [0.4, 0.5) is 4.39 Å². The summed E-state index contributed by atoms with van der Waals surface area (Å²) in [4.78, 5) is 15.2. The first-order valence-electron chi connectivity index (χ1n) is 5.99. The Labute approximate surface area is 106 Å². The fraction of sp³-hybridized carbons (Fsp3) is 0.462. The molecule has 1 fully saturated rings. The quantitative estimate of drug-likeness (QED) is 0.880. The number of likely N-dealkylation sites (N-methyl/N-ethyl adjacent to an activating group) is 1. The topological polar surface area (TPSA) is 43.8 Å². The zero-order chi connectivity index (χ0) is 13.1. The minimum Gasteiger partial charge on any atom is -0.478 e. The molecule has 0 unspecified atom stereocenters. The zero-order valence-electron chi connectivity index (χ0n) is 10.4. The molecule has 2 rings (SSSR count). The van der Waals surface area contributed by atoms with Gasteiger partial charge in [-0.2, -0.15) is 0 Å².